The molecule has 1 amide bonds. The molecule has 1 aliphatic heterocycles. The van der Waals surface area contributed by atoms with E-state index in [1.807, 2.05) is 4.90 Å². The molecule has 1 aliphatic rings. The lowest BCUT2D eigenvalue weighted by atomic mass is 10.1. The van der Waals surface area contributed by atoms with Crippen molar-refractivity contribution in [2.24, 2.45) is 5.73 Å². The van der Waals surface area contributed by atoms with E-state index in [1.54, 1.807) is 12.4 Å². The molecular formula is C12H18N4O3. The molecule has 2 N–H and O–H groups in total. The first kappa shape index (κ1) is 13.5. The first-order valence-electron chi connectivity index (χ1n) is 6.21. The zero-order valence-electron chi connectivity index (χ0n) is 10.9. The molecule has 104 valence electrons. The third kappa shape index (κ3) is 3.78. The number of rotatable bonds is 5. The number of hydrogen-bond donors (Lipinski definition) is 1. The monoisotopic (exact) mass is 266 g/mol. The highest BCUT2D eigenvalue weighted by Gasteiger charge is 2.23. The molecule has 0 aromatic carbocycles. The minimum atomic E-state index is -0.296. The van der Waals surface area contributed by atoms with E-state index >= 15 is 0 Å². The molecule has 0 aliphatic carbocycles. The smallest absolute Gasteiger partial charge is 0.278 e. The van der Waals surface area contributed by atoms with Crippen molar-refractivity contribution in [3.63, 3.8) is 0 Å². The molecule has 19 heavy (non-hydrogen) atoms. The summed E-state index contributed by atoms with van der Waals surface area (Å²) in [6, 6.07) is 0. The Kier molecular flexibility index (Phi) is 4.51. The minimum absolute atomic E-state index is 0.0646. The van der Waals surface area contributed by atoms with E-state index < -0.39 is 0 Å². The summed E-state index contributed by atoms with van der Waals surface area (Å²) >= 11 is 0. The number of likely N-dealkylation sites (tertiary alicyclic amines) is 1. The molecule has 1 aromatic rings. The average molecular weight is 266 g/mol. The van der Waals surface area contributed by atoms with Crippen molar-refractivity contribution in [1.29, 1.82) is 0 Å². The Morgan fingerprint density at radius 1 is 1.37 bits per heavy atom. The zero-order valence-corrected chi connectivity index (χ0v) is 10.9. The molecule has 0 atom stereocenters. The van der Waals surface area contributed by atoms with E-state index in [1.165, 1.54) is 7.11 Å². The van der Waals surface area contributed by atoms with Crippen LogP contribution in [-0.4, -0.2) is 53.6 Å². The molecule has 1 aromatic heterocycles. The summed E-state index contributed by atoms with van der Waals surface area (Å²) in [6.07, 6.45) is 4.84. The van der Waals surface area contributed by atoms with Crippen molar-refractivity contribution in [1.82, 2.24) is 14.9 Å². The van der Waals surface area contributed by atoms with Gasteiger partial charge in [0.15, 0.2) is 0 Å². The van der Waals surface area contributed by atoms with Gasteiger partial charge in [-0.2, -0.15) is 0 Å². The standard InChI is InChI=1S/C12H18N4O3/c1-18-11-12(15-5-4-14-11)19-9-2-6-16(7-3-9)8-10(13)17/h4-5,9H,2-3,6-8H2,1H3,(H2,13,17). The third-order valence-corrected chi connectivity index (χ3v) is 3.02. The van der Waals surface area contributed by atoms with Gasteiger partial charge < -0.3 is 15.2 Å². The van der Waals surface area contributed by atoms with Crippen LogP contribution in [0.5, 0.6) is 11.8 Å². The molecule has 1 saturated heterocycles. The van der Waals surface area contributed by atoms with Crippen LogP contribution in [0, 0.1) is 0 Å². The van der Waals surface area contributed by atoms with E-state index in [9.17, 15) is 4.79 Å². The summed E-state index contributed by atoms with van der Waals surface area (Å²) < 4.78 is 10.9. The molecular weight excluding hydrogens is 248 g/mol. The highest BCUT2D eigenvalue weighted by Crippen LogP contribution is 2.23. The zero-order chi connectivity index (χ0) is 13.7. The Morgan fingerprint density at radius 2 is 2.00 bits per heavy atom. The van der Waals surface area contributed by atoms with Gasteiger partial charge in [-0.1, -0.05) is 0 Å². The molecule has 0 unspecified atom stereocenters. The van der Waals surface area contributed by atoms with Crippen LogP contribution in [0.3, 0.4) is 0 Å². The average Bonchev–Trinajstić information content (AvgIpc) is 2.41. The van der Waals surface area contributed by atoms with Crippen molar-refractivity contribution in [2.45, 2.75) is 18.9 Å². The van der Waals surface area contributed by atoms with E-state index in [2.05, 4.69) is 9.97 Å². The lowest BCUT2D eigenvalue weighted by Gasteiger charge is -2.30. The first-order chi connectivity index (χ1) is 9.19. The van der Waals surface area contributed by atoms with Gasteiger partial charge in [0.25, 0.3) is 11.8 Å². The normalized spacial score (nSPS) is 17.1. The number of amides is 1. The predicted octanol–water partition coefficient (Wildman–Crippen LogP) is -0.186. The van der Waals surface area contributed by atoms with Crippen LogP contribution in [-0.2, 0) is 4.79 Å². The number of methoxy groups -OCH3 is 1. The third-order valence-electron chi connectivity index (χ3n) is 3.02. The number of aromatic nitrogens is 2. The Balaban J connectivity index is 1.87. The Morgan fingerprint density at radius 3 is 2.58 bits per heavy atom. The minimum Gasteiger partial charge on any atom is -0.477 e. The molecule has 2 heterocycles. The quantitative estimate of drug-likeness (QED) is 0.794. The number of ether oxygens (including phenoxy) is 2. The van der Waals surface area contributed by atoms with Gasteiger partial charge in [-0.25, -0.2) is 9.97 Å². The maximum atomic E-state index is 10.8. The molecule has 7 nitrogen and oxygen atoms in total. The van der Waals surface area contributed by atoms with Gasteiger partial charge in [0, 0.05) is 25.5 Å². The Bertz CT molecular complexity index is 433. The Hall–Kier alpha value is -1.89. The maximum Gasteiger partial charge on any atom is 0.278 e. The van der Waals surface area contributed by atoms with Gasteiger partial charge in [-0.3, -0.25) is 9.69 Å². The van der Waals surface area contributed by atoms with Gasteiger partial charge in [0.2, 0.25) is 5.91 Å². The summed E-state index contributed by atoms with van der Waals surface area (Å²) in [7, 11) is 1.53. The molecule has 0 radical (unpaired) electrons. The summed E-state index contributed by atoms with van der Waals surface area (Å²) in [5.41, 5.74) is 5.17. The molecule has 1 fully saturated rings. The van der Waals surface area contributed by atoms with E-state index in [0.717, 1.165) is 25.9 Å². The van der Waals surface area contributed by atoms with E-state index in [4.69, 9.17) is 15.2 Å². The van der Waals surface area contributed by atoms with E-state index in [-0.39, 0.29) is 12.0 Å². The van der Waals surface area contributed by atoms with E-state index in [0.29, 0.717) is 18.3 Å². The second-order valence-electron chi connectivity index (χ2n) is 4.43. The van der Waals surface area contributed by atoms with Crippen LogP contribution in [0.1, 0.15) is 12.8 Å². The van der Waals surface area contributed by atoms with Crippen molar-refractivity contribution < 1.29 is 14.3 Å². The van der Waals surface area contributed by atoms with Crippen LogP contribution in [0.25, 0.3) is 0 Å². The molecule has 0 spiro atoms. The van der Waals surface area contributed by atoms with Crippen LogP contribution in [0.15, 0.2) is 12.4 Å². The largest absolute Gasteiger partial charge is 0.477 e. The number of nitrogens with zero attached hydrogens (tertiary/aromatic N) is 3. The number of primary amides is 1. The van der Waals surface area contributed by atoms with Crippen LogP contribution in [0.4, 0.5) is 0 Å². The van der Waals surface area contributed by atoms with Gasteiger partial charge in [-0.05, 0) is 12.8 Å². The SMILES string of the molecule is COc1nccnc1OC1CCN(CC(N)=O)CC1. The van der Waals surface area contributed by atoms with Crippen molar-refractivity contribution in [2.75, 3.05) is 26.7 Å². The lowest BCUT2D eigenvalue weighted by Crippen LogP contribution is -2.42. The molecule has 2 rings (SSSR count). The summed E-state index contributed by atoms with van der Waals surface area (Å²) in [6.45, 7) is 1.88. The second kappa shape index (κ2) is 6.33. The van der Waals surface area contributed by atoms with Gasteiger partial charge >= 0.3 is 0 Å². The molecule has 7 heteroatoms. The number of piperidine rings is 1. The van der Waals surface area contributed by atoms with Gasteiger partial charge in [-0.15, -0.1) is 0 Å². The lowest BCUT2D eigenvalue weighted by molar-refractivity contribution is -0.119. The Labute approximate surface area is 111 Å². The van der Waals surface area contributed by atoms with Crippen molar-refractivity contribution >= 4 is 5.91 Å². The topological polar surface area (TPSA) is 90.6 Å². The summed E-state index contributed by atoms with van der Waals surface area (Å²) in [5, 5.41) is 0. The van der Waals surface area contributed by atoms with Crippen LogP contribution in [0.2, 0.25) is 0 Å². The summed E-state index contributed by atoms with van der Waals surface area (Å²) in [5.74, 6) is 0.510. The van der Waals surface area contributed by atoms with Crippen molar-refractivity contribution in [3.8, 4) is 11.8 Å². The molecule has 0 saturated carbocycles. The summed E-state index contributed by atoms with van der Waals surface area (Å²) in [4.78, 5) is 21.0. The number of nitrogens with two attached hydrogens (primary N) is 1. The predicted molar refractivity (Wildman–Crippen MR) is 67.9 cm³/mol. The van der Waals surface area contributed by atoms with Gasteiger partial charge in [0.05, 0.1) is 13.7 Å². The molecule has 0 bridgehead atoms. The number of carbonyl (C=O) groups excluding carboxylic acids is 1. The number of carbonyl (C=O) groups is 1. The maximum absolute atomic E-state index is 10.8. The van der Waals surface area contributed by atoms with Gasteiger partial charge in [0.1, 0.15) is 6.10 Å². The van der Waals surface area contributed by atoms with Crippen molar-refractivity contribution in [3.05, 3.63) is 12.4 Å². The van der Waals surface area contributed by atoms with Crippen LogP contribution < -0.4 is 15.2 Å². The van der Waals surface area contributed by atoms with Crippen LogP contribution >= 0.6 is 0 Å². The highest BCUT2D eigenvalue weighted by atomic mass is 16.5. The second-order valence-corrected chi connectivity index (χ2v) is 4.43. The first-order valence-corrected chi connectivity index (χ1v) is 6.21. The fourth-order valence-corrected chi connectivity index (χ4v) is 2.10. The fourth-order valence-electron chi connectivity index (χ4n) is 2.10. The highest BCUT2D eigenvalue weighted by molar-refractivity contribution is 5.75. The number of hydrogen-bond acceptors (Lipinski definition) is 6. The fraction of sp³-hybridized carbons (Fsp3) is 0.583.